The number of nitriles is 1. The van der Waals surface area contributed by atoms with Crippen molar-refractivity contribution in [2.24, 2.45) is 0 Å². The van der Waals surface area contributed by atoms with Gasteiger partial charge in [0.25, 0.3) is 0 Å². The molecule has 0 aliphatic carbocycles. The second-order valence-corrected chi connectivity index (χ2v) is 2.74. The maximum absolute atomic E-state index is 13.4. The molecule has 1 aromatic carbocycles. The van der Waals surface area contributed by atoms with E-state index in [2.05, 4.69) is 0 Å². The summed E-state index contributed by atoms with van der Waals surface area (Å²) in [5.74, 6) is -0.427. The van der Waals surface area contributed by atoms with Crippen molar-refractivity contribution in [2.75, 3.05) is 0 Å². The van der Waals surface area contributed by atoms with Crippen LogP contribution in [0.1, 0.15) is 17.5 Å². The van der Waals surface area contributed by atoms with Crippen molar-refractivity contribution < 1.29 is 9.50 Å². The maximum atomic E-state index is 13.4. The summed E-state index contributed by atoms with van der Waals surface area (Å²) in [7, 11) is 0. The van der Waals surface area contributed by atoms with Gasteiger partial charge in [-0.2, -0.15) is 5.26 Å². The molecular formula is C11H10FNO. The first-order valence-electron chi connectivity index (χ1n) is 4.21. The van der Waals surface area contributed by atoms with E-state index in [0.717, 1.165) is 0 Å². The van der Waals surface area contributed by atoms with Crippen LogP contribution in [0.3, 0.4) is 0 Å². The molecule has 14 heavy (non-hydrogen) atoms. The molecule has 3 heteroatoms. The van der Waals surface area contributed by atoms with E-state index < -0.39 is 5.82 Å². The molecule has 0 bridgehead atoms. The summed E-state index contributed by atoms with van der Waals surface area (Å²) in [4.78, 5) is 0. The van der Waals surface area contributed by atoms with Gasteiger partial charge in [-0.3, -0.25) is 0 Å². The standard InChI is InChI=1S/C11H10FNO/c12-11-9(4-1-2-7-13)5-3-6-10(11)8-14/h1,3-6,14H,2,8H2. The lowest BCUT2D eigenvalue weighted by Gasteiger charge is -2.01. The Hall–Kier alpha value is -1.66. The van der Waals surface area contributed by atoms with Crippen molar-refractivity contribution >= 4 is 6.08 Å². The van der Waals surface area contributed by atoms with Crippen LogP contribution >= 0.6 is 0 Å². The monoisotopic (exact) mass is 191 g/mol. The van der Waals surface area contributed by atoms with Gasteiger partial charge >= 0.3 is 0 Å². The molecule has 0 aliphatic rings. The molecule has 0 unspecified atom stereocenters. The molecule has 0 saturated heterocycles. The molecule has 0 atom stereocenters. The van der Waals surface area contributed by atoms with Gasteiger partial charge in [0.05, 0.1) is 19.1 Å². The highest BCUT2D eigenvalue weighted by Gasteiger charge is 2.03. The summed E-state index contributed by atoms with van der Waals surface area (Å²) in [6, 6.07) is 6.72. The van der Waals surface area contributed by atoms with Crippen LogP contribution in [0.2, 0.25) is 0 Å². The van der Waals surface area contributed by atoms with Gasteiger partial charge in [-0.15, -0.1) is 0 Å². The molecule has 0 heterocycles. The summed E-state index contributed by atoms with van der Waals surface area (Å²) >= 11 is 0. The van der Waals surface area contributed by atoms with Crippen LogP contribution in [0.4, 0.5) is 4.39 Å². The van der Waals surface area contributed by atoms with Crippen LogP contribution in [0.15, 0.2) is 24.3 Å². The highest BCUT2D eigenvalue weighted by Crippen LogP contribution is 2.14. The first-order valence-corrected chi connectivity index (χ1v) is 4.21. The molecule has 0 fully saturated rings. The van der Waals surface area contributed by atoms with E-state index in [1.165, 1.54) is 12.1 Å². The van der Waals surface area contributed by atoms with E-state index in [1.54, 1.807) is 18.2 Å². The summed E-state index contributed by atoms with van der Waals surface area (Å²) in [5.41, 5.74) is 0.663. The lowest BCUT2D eigenvalue weighted by molar-refractivity contribution is 0.275. The van der Waals surface area contributed by atoms with Crippen molar-refractivity contribution in [1.29, 1.82) is 5.26 Å². The minimum Gasteiger partial charge on any atom is -0.392 e. The van der Waals surface area contributed by atoms with Crippen LogP contribution in [-0.2, 0) is 6.61 Å². The van der Waals surface area contributed by atoms with Crippen LogP contribution in [0, 0.1) is 17.1 Å². The van der Waals surface area contributed by atoms with Crippen molar-refractivity contribution in [3.8, 4) is 6.07 Å². The van der Waals surface area contributed by atoms with Gasteiger partial charge in [-0.05, 0) is 0 Å². The number of benzene rings is 1. The third-order valence-corrected chi connectivity index (χ3v) is 1.79. The zero-order valence-corrected chi connectivity index (χ0v) is 7.57. The highest BCUT2D eigenvalue weighted by atomic mass is 19.1. The van der Waals surface area contributed by atoms with Crippen molar-refractivity contribution in [2.45, 2.75) is 13.0 Å². The molecule has 1 N–H and O–H groups in total. The lowest BCUT2D eigenvalue weighted by Crippen LogP contribution is -1.91. The Morgan fingerprint density at radius 2 is 2.29 bits per heavy atom. The smallest absolute Gasteiger partial charge is 0.135 e. The van der Waals surface area contributed by atoms with Crippen molar-refractivity contribution in [1.82, 2.24) is 0 Å². The highest BCUT2D eigenvalue weighted by molar-refractivity contribution is 5.51. The number of halogens is 1. The molecule has 1 rings (SSSR count). The summed E-state index contributed by atoms with van der Waals surface area (Å²) in [6.07, 6.45) is 3.38. The van der Waals surface area contributed by atoms with E-state index in [1.807, 2.05) is 6.07 Å². The fourth-order valence-corrected chi connectivity index (χ4v) is 1.09. The molecule has 72 valence electrons. The van der Waals surface area contributed by atoms with Gasteiger partial charge in [0, 0.05) is 11.1 Å². The fraction of sp³-hybridized carbons (Fsp3) is 0.182. The van der Waals surface area contributed by atoms with Gasteiger partial charge in [0.15, 0.2) is 0 Å². The molecular weight excluding hydrogens is 181 g/mol. The number of nitrogens with zero attached hydrogens (tertiary/aromatic N) is 1. The minimum atomic E-state index is -0.427. The Kier molecular flexibility index (Phi) is 3.84. The van der Waals surface area contributed by atoms with E-state index in [4.69, 9.17) is 10.4 Å². The molecule has 0 aromatic heterocycles. The summed E-state index contributed by atoms with van der Waals surface area (Å²) in [6.45, 7) is -0.314. The van der Waals surface area contributed by atoms with Gasteiger partial charge in [0.1, 0.15) is 5.82 Å². The van der Waals surface area contributed by atoms with Gasteiger partial charge in [-0.1, -0.05) is 30.4 Å². The first kappa shape index (κ1) is 10.4. The van der Waals surface area contributed by atoms with Crippen molar-refractivity contribution in [3.63, 3.8) is 0 Å². The predicted octanol–water partition coefficient (Wildman–Crippen LogP) is 2.24. The normalized spacial score (nSPS) is 10.4. The number of hydrogen-bond donors (Lipinski definition) is 1. The third-order valence-electron chi connectivity index (χ3n) is 1.79. The Morgan fingerprint density at radius 3 is 2.93 bits per heavy atom. The number of aliphatic hydroxyl groups is 1. The summed E-state index contributed by atoms with van der Waals surface area (Å²) < 4.78 is 13.4. The van der Waals surface area contributed by atoms with Crippen LogP contribution in [0.25, 0.3) is 6.08 Å². The van der Waals surface area contributed by atoms with Crippen LogP contribution in [0.5, 0.6) is 0 Å². The number of rotatable bonds is 3. The number of allylic oxidation sites excluding steroid dienone is 1. The number of hydrogen-bond acceptors (Lipinski definition) is 2. The first-order chi connectivity index (χ1) is 6.79. The van der Waals surface area contributed by atoms with Crippen LogP contribution in [-0.4, -0.2) is 5.11 Å². The number of aliphatic hydroxyl groups excluding tert-OH is 1. The van der Waals surface area contributed by atoms with E-state index in [9.17, 15) is 4.39 Å². The zero-order chi connectivity index (χ0) is 10.4. The molecule has 0 radical (unpaired) electrons. The van der Waals surface area contributed by atoms with Crippen molar-refractivity contribution in [3.05, 3.63) is 41.2 Å². The molecule has 1 aromatic rings. The van der Waals surface area contributed by atoms with Gasteiger partial charge < -0.3 is 5.11 Å². The third kappa shape index (κ3) is 2.41. The van der Waals surface area contributed by atoms with E-state index in [-0.39, 0.29) is 18.6 Å². The SMILES string of the molecule is N#CCC=Cc1cccc(CO)c1F. The minimum absolute atomic E-state index is 0.253. The van der Waals surface area contributed by atoms with Gasteiger partial charge in [0.2, 0.25) is 0 Å². The Morgan fingerprint density at radius 1 is 1.50 bits per heavy atom. The Bertz CT molecular complexity index is 379. The quantitative estimate of drug-likeness (QED) is 0.796. The second-order valence-electron chi connectivity index (χ2n) is 2.74. The van der Waals surface area contributed by atoms with E-state index in [0.29, 0.717) is 5.56 Å². The van der Waals surface area contributed by atoms with Gasteiger partial charge in [-0.25, -0.2) is 4.39 Å². The Balaban J connectivity index is 2.93. The average Bonchev–Trinajstić information content (AvgIpc) is 2.21. The lowest BCUT2D eigenvalue weighted by atomic mass is 10.1. The maximum Gasteiger partial charge on any atom is 0.135 e. The zero-order valence-electron chi connectivity index (χ0n) is 7.57. The fourth-order valence-electron chi connectivity index (χ4n) is 1.09. The van der Waals surface area contributed by atoms with E-state index >= 15 is 0 Å². The molecule has 2 nitrogen and oxygen atoms in total. The largest absolute Gasteiger partial charge is 0.392 e. The molecule has 0 spiro atoms. The molecule has 0 aliphatic heterocycles. The molecule has 0 amide bonds. The average molecular weight is 191 g/mol. The molecule has 0 saturated carbocycles. The van der Waals surface area contributed by atoms with Crippen LogP contribution < -0.4 is 0 Å². The Labute approximate surface area is 81.9 Å². The second kappa shape index (κ2) is 5.15. The predicted molar refractivity (Wildman–Crippen MR) is 51.6 cm³/mol. The topological polar surface area (TPSA) is 44.0 Å². The summed E-state index contributed by atoms with van der Waals surface area (Å²) in [5, 5.41) is 17.1.